The van der Waals surface area contributed by atoms with E-state index >= 15 is 0 Å². The first kappa shape index (κ1) is 16.5. The Morgan fingerprint density at radius 1 is 1.38 bits per heavy atom. The van der Waals surface area contributed by atoms with E-state index in [2.05, 4.69) is 52.0 Å². The Morgan fingerprint density at radius 3 is 2.71 bits per heavy atom. The molecule has 3 nitrogen and oxygen atoms in total. The number of carboxylic acid groups (broad SMARTS) is 1. The zero-order valence-corrected chi connectivity index (χ0v) is 14.2. The van der Waals surface area contributed by atoms with E-state index in [1.807, 2.05) is 0 Å². The number of rotatable bonds is 6. The fraction of sp³-hybridized carbons (Fsp3) is 0.588. The average Bonchev–Trinajstić information content (AvgIpc) is 2.49. The lowest BCUT2D eigenvalue weighted by Gasteiger charge is -2.41. The first-order valence-electron chi connectivity index (χ1n) is 7.84. The van der Waals surface area contributed by atoms with Gasteiger partial charge in [0.05, 0.1) is 0 Å². The van der Waals surface area contributed by atoms with E-state index in [9.17, 15) is 4.79 Å². The van der Waals surface area contributed by atoms with Crippen LogP contribution in [-0.4, -0.2) is 28.6 Å². The van der Waals surface area contributed by atoms with Gasteiger partial charge in [-0.05, 0) is 49.9 Å². The number of nitrogens with zero attached hydrogens (tertiary/aromatic N) is 1. The molecule has 2 unspecified atom stereocenters. The molecule has 1 aromatic carbocycles. The topological polar surface area (TPSA) is 40.5 Å². The Morgan fingerprint density at radius 2 is 2.10 bits per heavy atom. The lowest BCUT2D eigenvalue weighted by atomic mass is 9.92. The fourth-order valence-corrected chi connectivity index (χ4v) is 3.64. The van der Waals surface area contributed by atoms with E-state index in [1.54, 1.807) is 0 Å². The van der Waals surface area contributed by atoms with Gasteiger partial charge in [0.1, 0.15) is 0 Å². The number of hydrogen-bond donors (Lipinski definition) is 1. The van der Waals surface area contributed by atoms with Crippen LogP contribution >= 0.6 is 15.9 Å². The van der Waals surface area contributed by atoms with E-state index in [4.69, 9.17) is 5.11 Å². The summed E-state index contributed by atoms with van der Waals surface area (Å²) in [5, 5.41) is 8.95. The Labute approximate surface area is 135 Å². The van der Waals surface area contributed by atoms with Gasteiger partial charge in [-0.1, -0.05) is 41.4 Å². The molecular weight excluding hydrogens is 330 g/mol. The van der Waals surface area contributed by atoms with Crippen LogP contribution in [0.15, 0.2) is 28.7 Å². The van der Waals surface area contributed by atoms with Gasteiger partial charge in [0.2, 0.25) is 0 Å². The van der Waals surface area contributed by atoms with Crippen LogP contribution in [0.2, 0.25) is 0 Å². The van der Waals surface area contributed by atoms with Gasteiger partial charge in [-0.3, -0.25) is 9.69 Å². The van der Waals surface area contributed by atoms with E-state index in [0.29, 0.717) is 12.1 Å². The van der Waals surface area contributed by atoms with Gasteiger partial charge in [-0.25, -0.2) is 0 Å². The quantitative estimate of drug-likeness (QED) is 0.810. The van der Waals surface area contributed by atoms with Crippen molar-refractivity contribution >= 4 is 21.9 Å². The monoisotopic (exact) mass is 353 g/mol. The van der Waals surface area contributed by atoms with E-state index in [1.165, 1.54) is 18.4 Å². The highest BCUT2D eigenvalue weighted by Crippen LogP contribution is 2.33. The van der Waals surface area contributed by atoms with Gasteiger partial charge in [-0.2, -0.15) is 0 Å². The number of hydrogen-bond acceptors (Lipinski definition) is 2. The fourth-order valence-electron chi connectivity index (χ4n) is 3.38. The molecule has 1 aliphatic rings. The van der Waals surface area contributed by atoms with Gasteiger partial charge in [0.15, 0.2) is 0 Å². The normalized spacial score (nSPS) is 21.1. The second-order valence-electron chi connectivity index (χ2n) is 5.80. The van der Waals surface area contributed by atoms with E-state index < -0.39 is 5.97 Å². The van der Waals surface area contributed by atoms with Crippen molar-refractivity contribution in [1.29, 1.82) is 0 Å². The second-order valence-corrected chi connectivity index (χ2v) is 6.71. The molecule has 1 N–H and O–H groups in total. The molecule has 4 heteroatoms. The third kappa shape index (κ3) is 4.55. The van der Waals surface area contributed by atoms with Crippen molar-refractivity contribution in [2.24, 2.45) is 0 Å². The standard InChI is InChI=1S/C17H24BrNO2/c1-2-16(13-6-8-14(18)9-7-13)19-12-4-3-5-15(19)10-11-17(20)21/h6-9,15-16H,2-5,10-12H2,1H3,(H,20,21). The van der Waals surface area contributed by atoms with E-state index in [-0.39, 0.29) is 6.42 Å². The Balaban J connectivity index is 2.12. The molecule has 1 fully saturated rings. The van der Waals surface area contributed by atoms with Gasteiger partial charge < -0.3 is 5.11 Å². The van der Waals surface area contributed by atoms with Gasteiger partial charge >= 0.3 is 5.97 Å². The summed E-state index contributed by atoms with van der Waals surface area (Å²) in [4.78, 5) is 13.4. The van der Waals surface area contributed by atoms with Crippen molar-refractivity contribution in [3.8, 4) is 0 Å². The molecular formula is C17H24BrNO2. The minimum atomic E-state index is -0.683. The predicted octanol–water partition coefficient (Wildman–Crippen LogP) is 4.62. The zero-order chi connectivity index (χ0) is 15.2. The summed E-state index contributed by atoms with van der Waals surface area (Å²) in [6.45, 7) is 3.30. The Kier molecular flexibility index (Phi) is 6.24. The van der Waals surface area contributed by atoms with Crippen LogP contribution in [0.25, 0.3) is 0 Å². The minimum absolute atomic E-state index is 0.276. The van der Waals surface area contributed by atoms with Crippen LogP contribution in [0.1, 0.15) is 57.1 Å². The molecule has 0 radical (unpaired) electrons. The van der Waals surface area contributed by atoms with E-state index in [0.717, 1.165) is 30.3 Å². The summed E-state index contributed by atoms with van der Waals surface area (Å²) in [6.07, 6.45) is 5.67. The number of likely N-dealkylation sites (tertiary alicyclic amines) is 1. The number of carboxylic acids is 1. The summed E-state index contributed by atoms with van der Waals surface area (Å²) in [6, 6.07) is 9.35. The first-order valence-corrected chi connectivity index (χ1v) is 8.64. The van der Waals surface area contributed by atoms with Crippen molar-refractivity contribution in [1.82, 2.24) is 4.90 Å². The number of aliphatic carboxylic acids is 1. The lowest BCUT2D eigenvalue weighted by Crippen LogP contribution is -2.42. The molecule has 1 heterocycles. The third-order valence-electron chi connectivity index (χ3n) is 4.41. The average molecular weight is 354 g/mol. The smallest absolute Gasteiger partial charge is 0.303 e. The van der Waals surface area contributed by atoms with Crippen molar-refractivity contribution in [3.63, 3.8) is 0 Å². The molecule has 1 aliphatic heterocycles. The molecule has 1 saturated heterocycles. The molecule has 0 saturated carbocycles. The number of piperidine rings is 1. The van der Waals surface area contributed by atoms with Crippen LogP contribution in [0, 0.1) is 0 Å². The molecule has 0 aliphatic carbocycles. The third-order valence-corrected chi connectivity index (χ3v) is 4.93. The Bertz CT molecular complexity index is 460. The molecule has 2 atom stereocenters. The molecule has 21 heavy (non-hydrogen) atoms. The van der Waals surface area contributed by atoms with Gasteiger partial charge in [0, 0.05) is 23.0 Å². The summed E-state index contributed by atoms with van der Waals surface area (Å²) in [5.41, 5.74) is 1.34. The molecule has 0 spiro atoms. The number of halogens is 1. The van der Waals surface area contributed by atoms with Crippen LogP contribution in [0.5, 0.6) is 0 Å². The molecule has 116 valence electrons. The lowest BCUT2D eigenvalue weighted by molar-refractivity contribution is -0.137. The molecule has 2 rings (SSSR count). The maximum absolute atomic E-state index is 10.9. The summed E-state index contributed by atoms with van der Waals surface area (Å²) >= 11 is 3.49. The van der Waals surface area contributed by atoms with Crippen LogP contribution in [0.4, 0.5) is 0 Å². The largest absolute Gasteiger partial charge is 0.481 e. The first-order chi connectivity index (χ1) is 10.1. The van der Waals surface area contributed by atoms with Crippen molar-refractivity contribution in [3.05, 3.63) is 34.3 Å². The van der Waals surface area contributed by atoms with Crippen molar-refractivity contribution < 1.29 is 9.90 Å². The van der Waals surface area contributed by atoms with Gasteiger partial charge in [-0.15, -0.1) is 0 Å². The molecule has 0 amide bonds. The second kappa shape index (κ2) is 7.95. The minimum Gasteiger partial charge on any atom is -0.481 e. The SMILES string of the molecule is CCC(c1ccc(Br)cc1)N1CCCCC1CCC(=O)O. The molecule has 0 aromatic heterocycles. The number of benzene rings is 1. The highest BCUT2D eigenvalue weighted by molar-refractivity contribution is 9.10. The summed E-state index contributed by atoms with van der Waals surface area (Å²) in [5.74, 6) is -0.683. The highest BCUT2D eigenvalue weighted by Gasteiger charge is 2.29. The molecule has 1 aromatic rings. The van der Waals surface area contributed by atoms with Gasteiger partial charge in [0.25, 0.3) is 0 Å². The van der Waals surface area contributed by atoms with Crippen LogP contribution < -0.4 is 0 Å². The number of carbonyl (C=O) groups is 1. The highest BCUT2D eigenvalue weighted by atomic mass is 79.9. The zero-order valence-electron chi connectivity index (χ0n) is 12.6. The predicted molar refractivity (Wildman–Crippen MR) is 88.4 cm³/mol. The van der Waals surface area contributed by atoms with Crippen molar-refractivity contribution in [2.45, 2.75) is 57.5 Å². The van der Waals surface area contributed by atoms with Crippen LogP contribution in [-0.2, 0) is 4.79 Å². The van der Waals surface area contributed by atoms with Crippen LogP contribution in [0.3, 0.4) is 0 Å². The molecule has 0 bridgehead atoms. The summed E-state index contributed by atoms with van der Waals surface area (Å²) < 4.78 is 1.10. The maximum Gasteiger partial charge on any atom is 0.303 e. The van der Waals surface area contributed by atoms with Crippen molar-refractivity contribution in [2.75, 3.05) is 6.54 Å². The summed E-state index contributed by atoms with van der Waals surface area (Å²) in [7, 11) is 0. The Hall–Kier alpha value is -0.870. The maximum atomic E-state index is 10.9.